The fourth-order valence-corrected chi connectivity index (χ4v) is 4.75. The van der Waals surface area contributed by atoms with Gasteiger partial charge in [0.25, 0.3) is 0 Å². The molecule has 4 heterocycles. The fourth-order valence-electron chi connectivity index (χ4n) is 3.68. The monoisotopic (exact) mass is 405 g/mol. The van der Waals surface area contributed by atoms with Crippen LogP contribution in [0.1, 0.15) is 11.1 Å². The van der Waals surface area contributed by atoms with Gasteiger partial charge in [-0.1, -0.05) is 17.4 Å². The Morgan fingerprint density at radius 2 is 1.72 bits per heavy atom. The first-order chi connectivity index (χ1) is 14.1. The van der Waals surface area contributed by atoms with E-state index < -0.39 is 0 Å². The van der Waals surface area contributed by atoms with Crippen LogP contribution in [0.25, 0.3) is 21.5 Å². The first-order valence-electron chi connectivity index (χ1n) is 9.76. The number of benzene rings is 1. The van der Waals surface area contributed by atoms with Crippen molar-refractivity contribution in [3.05, 3.63) is 48.0 Å². The molecule has 0 unspecified atom stereocenters. The summed E-state index contributed by atoms with van der Waals surface area (Å²) < 4.78 is 3.05. The van der Waals surface area contributed by atoms with Gasteiger partial charge in [0, 0.05) is 45.0 Å². The molecule has 0 atom stereocenters. The van der Waals surface area contributed by atoms with Crippen molar-refractivity contribution in [1.82, 2.24) is 24.7 Å². The summed E-state index contributed by atoms with van der Waals surface area (Å²) in [6, 6.07) is 4.38. The van der Waals surface area contributed by atoms with Gasteiger partial charge >= 0.3 is 0 Å². The molecule has 0 N–H and O–H groups in total. The van der Waals surface area contributed by atoms with Crippen LogP contribution in [0.2, 0.25) is 0 Å². The molecule has 1 fully saturated rings. The number of hydrogen-bond acceptors (Lipinski definition) is 7. The van der Waals surface area contributed by atoms with E-state index in [2.05, 4.69) is 45.9 Å². The Labute approximate surface area is 173 Å². The second kappa shape index (κ2) is 7.11. The number of fused-ring (bicyclic) bond motifs is 1. The molecule has 8 heteroatoms. The van der Waals surface area contributed by atoms with Gasteiger partial charge in [0.15, 0.2) is 5.13 Å². The molecule has 0 amide bonds. The number of anilines is 2. The van der Waals surface area contributed by atoms with Crippen LogP contribution in [0.3, 0.4) is 0 Å². The zero-order valence-corrected chi connectivity index (χ0v) is 17.6. The van der Waals surface area contributed by atoms with E-state index in [4.69, 9.17) is 9.97 Å². The molecular formula is C21H23N7S. The van der Waals surface area contributed by atoms with Crippen LogP contribution >= 0.6 is 11.3 Å². The lowest BCUT2D eigenvalue weighted by Gasteiger charge is -2.35. The topological polar surface area (TPSA) is 63.0 Å². The van der Waals surface area contributed by atoms with Crippen molar-refractivity contribution >= 4 is 32.5 Å². The highest BCUT2D eigenvalue weighted by Gasteiger charge is 2.22. The molecule has 1 aliphatic rings. The zero-order valence-electron chi connectivity index (χ0n) is 16.8. The van der Waals surface area contributed by atoms with Gasteiger partial charge in [-0.05, 0) is 31.0 Å². The number of aryl methyl sites for hydroxylation is 3. The summed E-state index contributed by atoms with van der Waals surface area (Å²) in [7, 11) is 1.91. The molecule has 148 valence electrons. The fraction of sp³-hybridized carbons (Fsp3) is 0.333. The maximum Gasteiger partial charge on any atom is 0.186 e. The SMILES string of the molecule is Cc1ccc2sc(N3CCN(c4cncc(-c5cnn(C)c5)n4)CC3)nc2c1C. The summed E-state index contributed by atoms with van der Waals surface area (Å²) in [6.45, 7) is 7.96. The Morgan fingerprint density at radius 1 is 0.931 bits per heavy atom. The predicted octanol–water partition coefficient (Wildman–Crippen LogP) is 3.43. The minimum Gasteiger partial charge on any atom is -0.352 e. The second-order valence-electron chi connectivity index (χ2n) is 7.49. The number of aromatic nitrogens is 5. The first kappa shape index (κ1) is 18.1. The summed E-state index contributed by atoms with van der Waals surface area (Å²) in [5.41, 5.74) is 5.57. The molecule has 1 aliphatic heterocycles. The normalized spacial score (nSPS) is 14.7. The highest BCUT2D eigenvalue weighted by atomic mass is 32.1. The Kier molecular flexibility index (Phi) is 4.43. The van der Waals surface area contributed by atoms with Gasteiger partial charge in [0.2, 0.25) is 0 Å². The van der Waals surface area contributed by atoms with Crippen LogP contribution in [0, 0.1) is 13.8 Å². The van der Waals surface area contributed by atoms with E-state index in [9.17, 15) is 0 Å². The zero-order chi connectivity index (χ0) is 20.0. The Hall–Kier alpha value is -3.00. The summed E-state index contributed by atoms with van der Waals surface area (Å²) in [6.07, 6.45) is 7.42. The molecule has 0 spiro atoms. The average Bonchev–Trinajstić information content (AvgIpc) is 3.38. The number of hydrogen-bond donors (Lipinski definition) is 0. The van der Waals surface area contributed by atoms with Gasteiger partial charge in [0.05, 0.1) is 34.5 Å². The lowest BCUT2D eigenvalue weighted by atomic mass is 10.1. The van der Waals surface area contributed by atoms with E-state index in [0.717, 1.165) is 53.9 Å². The summed E-state index contributed by atoms with van der Waals surface area (Å²) in [5, 5.41) is 5.35. The van der Waals surface area contributed by atoms with Crippen molar-refractivity contribution in [3.63, 3.8) is 0 Å². The van der Waals surface area contributed by atoms with Gasteiger partial charge in [-0.25, -0.2) is 9.97 Å². The maximum absolute atomic E-state index is 4.94. The summed E-state index contributed by atoms with van der Waals surface area (Å²) >= 11 is 1.78. The largest absolute Gasteiger partial charge is 0.352 e. The Morgan fingerprint density at radius 3 is 2.48 bits per heavy atom. The van der Waals surface area contributed by atoms with Crippen LogP contribution in [-0.2, 0) is 7.05 Å². The molecule has 0 saturated carbocycles. The van der Waals surface area contributed by atoms with Gasteiger partial charge < -0.3 is 9.80 Å². The van der Waals surface area contributed by atoms with Gasteiger partial charge in [-0.2, -0.15) is 5.10 Å². The highest BCUT2D eigenvalue weighted by Crippen LogP contribution is 2.32. The number of piperazine rings is 1. The van der Waals surface area contributed by atoms with Crippen LogP contribution < -0.4 is 9.80 Å². The minimum absolute atomic E-state index is 0.857. The van der Waals surface area contributed by atoms with Crippen LogP contribution in [0.15, 0.2) is 36.9 Å². The van der Waals surface area contributed by atoms with Crippen LogP contribution in [0.5, 0.6) is 0 Å². The second-order valence-corrected chi connectivity index (χ2v) is 8.50. The van der Waals surface area contributed by atoms with Gasteiger partial charge in [-0.15, -0.1) is 0 Å². The van der Waals surface area contributed by atoms with Crippen molar-refractivity contribution in [2.75, 3.05) is 36.0 Å². The van der Waals surface area contributed by atoms with E-state index in [1.54, 1.807) is 22.2 Å². The van der Waals surface area contributed by atoms with E-state index in [1.165, 1.54) is 15.8 Å². The molecule has 0 bridgehead atoms. The average molecular weight is 406 g/mol. The van der Waals surface area contributed by atoms with Crippen molar-refractivity contribution in [3.8, 4) is 11.3 Å². The van der Waals surface area contributed by atoms with Crippen molar-refractivity contribution in [1.29, 1.82) is 0 Å². The van der Waals surface area contributed by atoms with E-state index in [0.29, 0.717) is 0 Å². The quantitative estimate of drug-likeness (QED) is 0.520. The van der Waals surface area contributed by atoms with Gasteiger partial charge in [-0.3, -0.25) is 9.67 Å². The lowest BCUT2D eigenvalue weighted by Crippen LogP contribution is -2.46. The molecule has 4 aromatic rings. The smallest absolute Gasteiger partial charge is 0.186 e. The first-order valence-corrected chi connectivity index (χ1v) is 10.6. The van der Waals surface area contributed by atoms with E-state index in [1.807, 2.05) is 25.6 Å². The molecule has 7 nitrogen and oxygen atoms in total. The van der Waals surface area contributed by atoms with Gasteiger partial charge in [0.1, 0.15) is 5.82 Å². The molecule has 1 saturated heterocycles. The third-order valence-corrected chi connectivity index (χ3v) is 6.65. The Balaban J connectivity index is 1.32. The van der Waals surface area contributed by atoms with Crippen LogP contribution in [-0.4, -0.2) is 50.9 Å². The van der Waals surface area contributed by atoms with Crippen LogP contribution in [0.4, 0.5) is 10.9 Å². The Bertz CT molecular complexity index is 1170. The lowest BCUT2D eigenvalue weighted by molar-refractivity contribution is 0.645. The molecule has 0 aliphatic carbocycles. The summed E-state index contributed by atoms with van der Waals surface area (Å²) in [5.74, 6) is 0.918. The minimum atomic E-state index is 0.857. The number of nitrogens with zero attached hydrogens (tertiary/aromatic N) is 7. The van der Waals surface area contributed by atoms with Crippen molar-refractivity contribution < 1.29 is 0 Å². The predicted molar refractivity (Wildman–Crippen MR) is 118 cm³/mol. The molecule has 3 aromatic heterocycles. The van der Waals surface area contributed by atoms with Crippen molar-refractivity contribution in [2.45, 2.75) is 13.8 Å². The highest BCUT2D eigenvalue weighted by molar-refractivity contribution is 7.22. The third kappa shape index (κ3) is 3.33. The molecule has 5 rings (SSSR count). The number of rotatable bonds is 3. The molecular weight excluding hydrogens is 382 g/mol. The third-order valence-electron chi connectivity index (χ3n) is 5.57. The molecule has 0 radical (unpaired) electrons. The van der Waals surface area contributed by atoms with Crippen molar-refractivity contribution in [2.24, 2.45) is 7.05 Å². The molecule has 29 heavy (non-hydrogen) atoms. The maximum atomic E-state index is 4.94. The standard InChI is InChI=1S/C21H23N7S/c1-14-4-5-18-20(15(14)2)25-21(29-18)28-8-6-27(7-9-28)19-12-22-11-17(24-19)16-10-23-26(3)13-16/h4-5,10-13H,6-9H2,1-3H3. The molecule has 1 aromatic carbocycles. The van der Waals surface area contributed by atoms with E-state index in [-0.39, 0.29) is 0 Å². The van der Waals surface area contributed by atoms with E-state index >= 15 is 0 Å². The summed E-state index contributed by atoms with van der Waals surface area (Å²) in [4.78, 5) is 18.8. The number of thiazole rings is 1.